The molecule has 4 nitrogen and oxygen atoms in total. The summed E-state index contributed by atoms with van der Waals surface area (Å²) in [4.78, 5) is 24.8. The molecule has 0 bridgehead atoms. The van der Waals surface area contributed by atoms with Gasteiger partial charge in [0.15, 0.2) is 0 Å². The molecule has 0 aromatic carbocycles. The fraction of sp³-hybridized carbons (Fsp3) is 0.760. The van der Waals surface area contributed by atoms with Crippen LogP contribution in [0.2, 0.25) is 0 Å². The molecule has 29 heavy (non-hydrogen) atoms. The third-order valence-corrected chi connectivity index (χ3v) is 8.75. The normalized spacial score (nSPS) is 40.9. The Morgan fingerprint density at radius 3 is 2.76 bits per heavy atom. The van der Waals surface area contributed by atoms with Gasteiger partial charge in [-0.3, -0.25) is 9.59 Å². The number of ketones is 1. The van der Waals surface area contributed by atoms with Crippen LogP contribution in [0.5, 0.6) is 0 Å². The van der Waals surface area contributed by atoms with Gasteiger partial charge in [-0.15, -0.1) is 0 Å². The van der Waals surface area contributed by atoms with Crippen LogP contribution in [0.1, 0.15) is 72.6 Å². The molecule has 4 aliphatic carbocycles. The van der Waals surface area contributed by atoms with Crippen molar-refractivity contribution in [1.29, 1.82) is 0 Å². The summed E-state index contributed by atoms with van der Waals surface area (Å²) in [6.07, 6.45) is 10.7. The van der Waals surface area contributed by atoms with Gasteiger partial charge in [0.2, 0.25) is 0 Å². The smallest absolute Gasteiger partial charge is 0.305 e. The number of allylic oxidation sites excluding steroid dienone is 3. The Morgan fingerprint density at radius 2 is 2.03 bits per heavy atom. The number of hydrogen-bond acceptors (Lipinski definition) is 4. The molecule has 0 radical (unpaired) electrons. The second kappa shape index (κ2) is 7.59. The van der Waals surface area contributed by atoms with Crippen molar-refractivity contribution in [3.8, 4) is 0 Å². The van der Waals surface area contributed by atoms with E-state index in [1.807, 2.05) is 13.8 Å². The molecule has 0 spiro atoms. The van der Waals surface area contributed by atoms with Gasteiger partial charge < -0.3 is 9.47 Å². The molecule has 4 rings (SSSR count). The van der Waals surface area contributed by atoms with Gasteiger partial charge >= 0.3 is 5.97 Å². The number of ether oxygens (including phenoxy) is 2. The fourth-order valence-electron chi connectivity index (χ4n) is 7.17. The minimum absolute atomic E-state index is 0.121. The molecule has 0 amide bonds. The highest BCUT2D eigenvalue weighted by Gasteiger charge is 2.61. The van der Waals surface area contributed by atoms with Gasteiger partial charge in [-0.25, -0.2) is 0 Å². The van der Waals surface area contributed by atoms with E-state index in [0.29, 0.717) is 49.1 Å². The first kappa shape index (κ1) is 20.7. The topological polar surface area (TPSA) is 52.6 Å². The first-order chi connectivity index (χ1) is 13.9. The van der Waals surface area contributed by atoms with E-state index in [4.69, 9.17) is 9.47 Å². The number of fused-ring (bicyclic) bond motifs is 5. The summed E-state index contributed by atoms with van der Waals surface area (Å²) in [6, 6.07) is 0. The van der Waals surface area contributed by atoms with Crippen LogP contribution < -0.4 is 0 Å². The molecule has 2 fully saturated rings. The lowest BCUT2D eigenvalue weighted by Crippen LogP contribution is -2.55. The number of Topliss-reactive ketones (excluding diaryl/α,β-unsaturated/α-hetero) is 1. The van der Waals surface area contributed by atoms with Gasteiger partial charge in [-0.2, -0.15) is 0 Å². The average Bonchev–Trinajstić information content (AvgIpc) is 3.01. The lowest BCUT2D eigenvalue weighted by atomic mass is 9.46. The molecule has 2 saturated carbocycles. The summed E-state index contributed by atoms with van der Waals surface area (Å²) in [6.45, 7) is 9.54. The van der Waals surface area contributed by atoms with Gasteiger partial charge in [0.1, 0.15) is 12.4 Å². The Morgan fingerprint density at radius 1 is 1.24 bits per heavy atom. The molecule has 4 aliphatic rings. The molecule has 4 heteroatoms. The first-order valence-electron chi connectivity index (χ1n) is 11.6. The Hall–Kier alpha value is -1.58. The Bertz CT molecular complexity index is 750. The van der Waals surface area contributed by atoms with Crippen LogP contribution in [-0.2, 0) is 19.1 Å². The van der Waals surface area contributed by atoms with E-state index in [2.05, 4.69) is 26.0 Å². The van der Waals surface area contributed by atoms with Crippen LogP contribution in [0.25, 0.3) is 0 Å². The zero-order valence-electron chi connectivity index (χ0n) is 18.5. The summed E-state index contributed by atoms with van der Waals surface area (Å²) in [7, 11) is 0. The van der Waals surface area contributed by atoms with Crippen molar-refractivity contribution in [1.82, 2.24) is 0 Å². The third-order valence-electron chi connectivity index (χ3n) is 8.75. The van der Waals surface area contributed by atoms with Crippen molar-refractivity contribution < 1.29 is 19.1 Å². The average molecular weight is 401 g/mol. The lowest BCUT2D eigenvalue weighted by molar-refractivity contribution is -0.153. The standard InChI is InChI=1S/C25H36O4/c1-5-23(27)29-15-25-16(3)13-18(28-6-2)14-17(25)7-8-19-20-9-10-22(26)24(20,4)12-11-21(19)25/h7,14,16,19-21H,5-6,8-13,15H2,1-4H3/t16-,19-,20-,21-,24-,25-/m0/s1. The molecule has 0 aromatic rings. The predicted octanol–water partition coefficient (Wildman–Crippen LogP) is 5.23. The number of esters is 1. The predicted molar refractivity (Wildman–Crippen MR) is 112 cm³/mol. The zero-order valence-corrected chi connectivity index (χ0v) is 18.5. The van der Waals surface area contributed by atoms with Crippen molar-refractivity contribution in [3.63, 3.8) is 0 Å². The van der Waals surface area contributed by atoms with Crippen LogP contribution in [0.15, 0.2) is 23.5 Å². The highest BCUT2D eigenvalue weighted by atomic mass is 16.5. The first-order valence-corrected chi connectivity index (χ1v) is 11.6. The molecule has 160 valence electrons. The van der Waals surface area contributed by atoms with E-state index in [1.165, 1.54) is 5.57 Å². The van der Waals surface area contributed by atoms with Gasteiger partial charge in [-0.05, 0) is 67.9 Å². The van der Waals surface area contributed by atoms with Crippen LogP contribution >= 0.6 is 0 Å². The maximum Gasteiger partial charge on any atom is 0.305 e. The van der Waals surface area contributed by atoms with E-state index in [1.54, 1.807) is 0 Å². The number of carbonyl (C=O) groups excluding carboxylic acids is 2. The largest absolute Gasteiger partial charge is 0.498 e. The van der Waals surface area contributed by atoms with Crippen LogP contribution in [0.3, 0.4) is 0 Å². The minimum atomic E-state index is -0.151. The van der Waals surface area contributed by atoms with Crippen molar-refractivity contribution in [3.05, 3.63) is 23.5 Å². The van der Waals surface area contributed by atoms with Gasteiger partial charge in [0, 0.05) is 30.1 Å². The summed E-state index contributed by atoms with van der Waals surface area (Å²) in [5, 5.41) is 0. The lowest BCUT2D eigenvalue weighted by Gasteiger charge is -2.58. The second-order valence-electron chi connectivity index (χ2n) is 9.89. The van der Waals surface area contributed by atoms with Crippen molar-refractivity contribution in [2.75, 3.05) is 13.2 Å². The monoisotopic (exact) mass is 400 g/mol. The summed E-state index contributed by atoms with van der Waals surface area (Å²) in [5.74, 6) is 3.19. The van der Waals surface area contributed by atoms with Crippen molar-refractivity contribution in [2.45, 2.75) is 72.6 Å². The molecular formula is C25H36O4. The van der Waals surface area contributed by atoms with E-state index in [-0.39, 0.29) is 16.8 Å². The number of carbonyl (C=O) groups is 2. The number of rotatable bonds is 5. The quantitative estimate of drug-likeness (QED) is 0.593. The van der Waals surface area contributed by atoms with Crippen LogP contribution in [0.4, 0.5) is 0 Å². The van der Waals surface area contributed by atoms with E-state index >= 15 is 0 Å². The summed E-state index contributed by atoms with van der Waals surface area (Å²) < 4.78 is 11.7. The van der Waals surface area contributed by atoms with E-state index in [9.17, 15) is 9.59 Å². The van der Waals surface area contributed by atoms with Crippen molar-refractivity contribution in [2.24, 2.45) is 34.5 Å². The SMILES string of the molecule is CCOC1=CC2=CC[C@@H]3[C@H](CC[C@]4(C)C(=O)CC[C@@H]34)[C@@]2(COC(=O)CC)[C@@H](C)C1. The van der Waals surface area contributed by atoms with E-state index in [0.717, 1.165) is 44.3 Å². The minimum Gasteiger partial charge on any atom is -0.498 e. The Balaban J connectivity index is 1.74. The zero-order chi connectivity index (χ0) is 20.8. The molecular weight excluding hydrogens is 364 g/mol. The molecule has 0 heterocycles. The molecule has 0 unspecified atom stereocenters. The van der Waals surface area contributed by atoms with Crippen LogP contribution in [-0.4, -0.2) is 25.0 Å². The molecule has 0 aromatic heterocycles. The van der Waals surface area contributed by atoms with Gasteiger partial charge in [0.25, 0.3) is 0 Å². The molecule has 0 aliphatic heterocycles. The maximum atomic E-state index is 12.7. The molecule has 6 atom stereocenters. The number of hydrogen-bond donors (Lipinski definition) is 0. The highest BCUT2D eigenvalue weighted by molar-refractivity contribution is 5.87. The Labute approximate surface area is 175 Å². The molecule has 0 N–H and O–H groups in total. The van der Waals surface area contributed by atoms with Gasteiger partial charge in [-0.1, -0.05) is 26.8 Å². The molecule has 0 saturated heterocycles. The van der Waals surface area contributed by atoms with Crippen LogP contribution in [0, 0.1) is 34.5 Å². The van der Waals surface area contributed by atoms with E-state index < -0.39 is 0 Å². The summed E-state index contributed by atoms with van der Waals surface area (Å²) >= 11 is 0. The summed E-state index contributed by atoms with van der Waals surface area (Å²) in [5.41, 5.74) is 1.01. The maximum absolute atomic E-state index is 12.7. The fourth-order valence-corrected chi connectivity index (χ4v) is 7.17. The third kappa shape index (κ3) is 3.09. The Kier molecular flexibility index (Phi) is 5.41. The highest BCUT2D eigenvalue weighted by Crippen LogP contribution is 2.65. The van der Waals surface area contributed by atoms with Gasteiger partial charge in [0.05, 0.1) is 12.4 Å². The second-order valence-corrected chi connectivity index (χ2v) is 9.89. The van der Waals surface area contributed by atoms with Crippen molar-refractivity contribution >= 4 is 11.8 Å².